The topological polar surface area (TPSA) is 61.9 Å². The summed E-state index contributed by atoms with van der Waals surface area (Å²) < 4.78 is 0. The summed E-state index contributed by atoms with van der Waals surface area (Å²) in [6, 6.07) is 6.58. The van der Waals surface area contributed by atoms with Crippen molar-refractivity contribution in [2.45, 2.75) is 23.8 Å². The van der Waals surface area contributed by atoms with Gasteiger partial charge in [-0.25, -0.2) is 0 Å². The number of hydrogen-bond acceptors (Lipinski definition) is 3. The number of anilines is 1. The van der Waals surface area contributed by atoms with E-state index in [2.05, 4.69) is 5.32 Å². The van der Waals surface area contributed by atoms with Gasteiger partial charge >= 0.3 is 0 Å². The number of hydrogen-bond donors (Lipinski definition) is 3. The number of nitrogen functional groups attached to an aromatic ring is 1. The van der Waals surface area contributed by atoms with E-state index in [1.54, 1.807) is 11.8 Å². The Morgan fingerprint density at radius 3 is 2.80 bits per heavy atom. The van der Waals surface area contributed by atoms with Gasteiger partial charge in [-0.1, -0.05) is 6.07 Å². The van der Waals surface area contributed by atoms with E-state index < -0.39 is 0 Å². The Labute approximate surface area is 93.9 Å². The van der Waals surface area contributed by atoms with Crippen molar-refractivity contribution in [3.05, 3.63) is 23.8 Å². The Bertz CT molecular complexity index is 385. The molecule has 0 amide bonds. The third kappa shape index (κ3) is 2.26. The van der Waals surface area contributed by atoms with Crippen LogP contribution in [0.15, 0.2) is 23.1 Å². The maximum Gasteiger partial charge on any atom is 0.126 e. The Morgan fingerprint density at radius 2 is 2.27 bits per heavy atom. The van der Waals surface area contributed by atoms with E-state index in [0.717, 1.165) is 16.1 Å². The molecule has 15 heavy (non-hydrogen) atoms. The summed E-state index contributed by atoms with van der Waals surface area (Å²) in [4.78, 5) is 1.06. The van der Waals surface area contributed by atoms with Crippen molar-refractivity contribution in [1.29, 1.82) is 5.41 Å². The number of thioether (sulfide) groups is 1. The molecule has 1 aliphatic carbocycles. The molecule has 0 aliphatic heterocycles. The summed E-state index contributed by atoms with van der Waals surface area (Å²) in [7, 11) is 0. The van der Waals surface area contributed by atoms with Gasteiger partial charge in [0.15, 0.2) is 0 Å². The molecule has 0 bridgehead atoms. The monoisotopic (exact) mass is 221 g/mol. The van der Waals surface area contributed by atoms with Crippen LogP contribution in [0.3, 0.4) is 0 Å². The van der Waals surface area contributed by atoms with Crippen molar-refractivity contribution in [3.8, 4) is 0 Å². The molecule has 0 spiro atoms. The van der Waals surface area contributed by atoms with Gasteiger partial charge in [0.25, 0.3) is 0 Å². The molecule has 4 N–H and O–H groups in total. The van der Waals surface area contributed by atoms with Gasteiger partial charge in [-0.3, -0.25) is 5.41 Å². The zero-order valence-corrected chi connectivity index (χ0v) is 9.53. The van der Waals surface area contributed by atoms with Crippen LogP contribution < -0.4 is 11.1 Å². The van der Waals surface area contributed by atoms with Crippen molar-refractivity contribution in [3.63, 3.8) is 0 Å². The van der Waals surface area contributed by atoms with Crippen LogP contribution in [0.25, 0.3) is 0 Å². The van der Waals surface area contributed by atoms with E-state index in [0.29, 0.717) is 6.04 Å². The van der Waals surface area contributed by atoms with Crippen molar-refractivity contribution in [2.75, 3.05) is 11.6 Å². The predicted octanol–water partition coefficient (Wildman–Crippen LogP) is 2.27. The molecular weight excluding hydrogens is 206 g/mol. The number of rotatable bonds is 4. The first-order chi connectivity index (χ1) is 7.22. The van der Waals surface area contributed by atoms with E-state index in [1.165, 1.54) is 12.8 Å². The van der Waals surface area contributed by atoms with E-state index in [4.69, 9.17) is 11.1 Å². The zero-order chi connectivity index (χ0) is 10.8. The minimum Gasteiger partial charge on any atom is -0.384 e. The highest BCUT2D eigenvalue weighted by atomic mass is 32.2. The van der Waals surface area contributed by atoms with E-state index in [-0.39, 0.29) is 5.84 Å². The zero-order valence-electron chi connectivity index (χ0n) is 8.71. The first-order valence-corrected chi connectivity index (χ1v) is 6.22. The fourth-order valence-electron chi connectivity index (χ4n) is 1.55. The molecule has 0 atom stereocenters. The predicted molar refractivity (Wildman–Crippen MR) is 65.9 cm³/mol. The molecule has 0 radical (unpaired) electrons. The molecule has 80 valence electrons. The summed E-state index contributed by atoms with van der Waals surface area (Å²) in [6.07, 6.45) is 4.45. The van der Waals surface area contributed by atoms with Gasteiger partial charge < -0.3 is 11.1 Å². The summed E-state index contributed by atoms with van der Waals surface area (Å²) in [5, 5.41) is 11.0. The second kappa shape index (κ2) is 4.14. The highest BCUT2D eigenvalue weighted by Gasteiger charge is 2.22. The molecule has 1 aromatic rings. The first kappa shape index (κ1) is 10.4. The molecule has 3 nitrogen and oxygen atoms in total. The van der Waals surface area contributed by atoms with Gasteiger partial charge in [-0.15, -0.1) is 11.8 Å². The molecule has 4 heteroatoms. The fourth-order valence-corrected chi connectivity index (χ4v) is 2.19. The lowest BCUT2D eigenvalue weighted by molar-refractivity contribution is 1.14. The fraction of sp³-hybridized carbons (Fsp3) is 0.364. The average Bonchev–Trinajstić information content (AvgIpc) is 3.01. The Balaban J connectivity index is 2.37. The Kier molecular flexibility index (Phi) is 2.86. The molecule has 1 saturated carbocycles. The maximum absolute atomic E-state index is 7.61. The minimum absolute atomic E-state index is 0.142. The third-order valence-corrected chi connectivity index (χ3v) is 3.23. The standard InChI is InChI=1S/C11H15N3S/c1-15-9-4-2-3-8(10(9)11(12)13)14-7-5-6-7/h2-4,7,14H,5-6H2,1H3,(H3,12,13). The van der Waals surface area contributed by atoms with Crippen molar-refractivity contribution >= 4 is 23.3 Å². The summed E-state index contributed by atoms with van der Waals surface area (Å²) in [5.41, 5.74) is 7.46. The number of benzene rings is 1. The average molecular weight is 221 g/mol. The lowest BCUT2D eigenvalue weighted by atomic mass is 10.1. The van der Waals surface area contributed by atoms with Crippen molar-refractivity contribution in [2.24, 2.45) is 5.73 Å². The molecule has 0 unspecified atom stereocenters. The van der Waals surface area contributed by atoms with E-state index in [1.807, 2.05) is 24.5 Å². The van der Waals surface area contributed by atoms with Crippen molar-refractivity contribution in [1.82, 2.24) is 0 Å². The smallest absolute Gasteiger partial charge is 0.126 e. The minimum atomic E-state index is 0.142. The quantitative estimate of drug-likeness (QED) is 0.415. The molecule has 0 saturated heterocycles. The number of amidine groups is 1. The van der Waals surface area contributed by atoms with Gasteiger partial charge in [0.05, 0.1) is 5.56 Å². The molecule has 1 aliphatic rings. The van der Waals surface area contributed by atoms with Crippen LogP contribution in [0.5, 0.6) is 0 Å². The molecule has 2 rings (SSSR count). The van der Waals surface area contributed by atoms with Crippen LogP contribution in [0, 0.1) is 5.41 Å². The molecular formula is C11H15N3S. The van der Waals surface area contributed by atoms with E-state index in [9.17, 15) is 0 Å². The molecule has 1 fully saturated rings. The van der Waals surface area contributed by atoms with Crippen LogP contribution in [-0.4, -0.2) is 18.1 Å². The summed E-state index contributed by atoms with van der Waals surface area (Å²) in [5.74, 6) is 0.142. The summed E-state index contributed by atoms with van der Waals surface area (Å²) >= 11 is 1.62. The second-order valence-corrected chi connectivity index (χ2v) is 4.56. The SMILES string of the molecule is CSc1cccc(NC2CC2)c1C(=N)N. The Morgan fingerprint density at radius 1 is 1.53 bits per heavy atom. The van der Waals surface area contributed by atoms with Gasteiger partial charge in [0.1, 0.15) is 5.84 Å². The highest BCUT2D eigenvalue weighted by Crippen LogP contribution is 2.31. The van der Waals surface area contributed by atoms with Crippen LogP contribution in [0.1, 0.15) is 18.4 Å². The molecule has 0 aromatic heterocycles. The largest absolute Gasteiger partial charge is 0.384 e. The lowest BCUT2D eigenvalue weighted by Gasteiger charge is -2.13. The van der Waals surface area contributed by atoms with Crippen LogP contribution in [0.4, 0.5) is 5.69 Å². The van der Waals surface area contributed by atoms with Crippen LogP contribution in [-0.2, 0) is 0 Å². The lowest BCUT2D eigenvalue weighted by Crippen LogP contribution is -2.16. The van der Waals surface area contributed by atoms with Gasteiger partial charge in [-0.05, 0) is 31.2 Å². The van der Waals surface area contributed by atoms with Gasteiger partial charge in [0.2, 0.25) is 0 Å². The second-order valence-electron chi connectivity index (χ2n) is 3.72. The maximum atomic E-state index is 7.61. The van der Waals surface area contributed by atoms with Gasteiger partial charge in [-0.2, -0.15) is 0 Å². The van der Waals surface area contributed by atoms with Crippen LogP contribution in [0.2, 0.25) is 0 Å². The summed E-state index contributed by atoms with van der Waals surface area (Å²) in [6.45, 7) is 0. The van der Waals surface area contributed by atoms with Gasteiger partial charge in [0, 0.05) is 16.6 Å². The Hall–Kier alpha value is -1.16. The van der Waals surface area contributed by atoms with E-state index >= 15 is 0 Å². The first-order valence-electron chi connectivity index (χ1n) is 5.00. The normalized spacial score (nSPS) is 15.0. The van der Waals surface area contributed by atoms with Crippen molar-refractivity contribution < 1.29 is 0 Å². The van der Waals surface area contributed by atoms with Crippen LogP contribution >= 0.6 is 11.8 Å². The number of nitrogens with one attached hydrogen (secondary N) is 2. The highest BCUT2D eigenvalue weighted by molar-refractivity contribution is 7.98. The number of nitrogens with two attached hydrogens (primary N) is 1. The molecule has 1 aromatic carbocycles. The molecule has 0 heterocycles. The third-order valence-electron chi connectivity index (χ3n) is 2.45.